The fourth-order valence-corrected chi connectivity index (χ4v) is 1.19. The van der Waals surface area contributed by atoms with E-state index in [1.807, 2.05) is 24.3 Å². The van der Waals surface area contributed by atoms with Gasteiger partial charge in [-0.2, -0.15) is 0 Å². The van der Waals surface area contributed by atoms with E-state index < -0.39 is 0 Å². The van der Waals surface area contributed by atoms with Crippen LogP contribution in [0.3, 0.4) is 0 Å². The van der Waals surface area contributed by atoms with Crippen molar-refractivity contribution in [2.24, 2.45) is 0 Å². The van der Waals surface area contributed by atoms with Crippen LogP contribution in [0.25, 0.3) is 0 Å². The zero-order valence-electron chi connectivity index (χ0n) is 9.08. The van der Waals surface area contributed by atoms with E-state index in [2.05, 4.69) is 6.92 Å². The molecule has 2 heteroatoms. The van der Waals surface area contributed by atoms with Gasteiger partial charge in [0.25, 0.3) is 0 Å². The molecule has 0 aliphatic rings. The molecule has 0 bridgehead atoms. The highest BCUT2D eigenvalue weighted by Crippen LogP contribution is 2.06. The number of Topliss-reactive ketones (excluding diaryl/α,β-unsaturated/α-hetero) is 1. The Kier molecular flexibility index (Phi) is 6.68. The van der Waals surface area contributed by atoms with Crippen LogP contribution >= 0.6 is 0 Å². The summed E-state index contributed by atoms with van der Waals surface area (Å²) >= 11 is 0. The van der Waals surface area contributed by atoms with Crippen LogP contribution in [0.15, 0.2) is 24.3 Å². The van der Waals surface area contributed by atoms with Gasteiger partial charge in [-0.3, -0.25) is 4.79 Å². The number of benzene rings is 1. The third-order valence-corrected chi connectivity index (χ3v) is 1.90. The zero-order valence-corrected chi connectivity index (χ0v) is 9.08. The lowest BCUT2D eigenvalue weighted by molar-refractivity contribution is 0.101. The Morgan fingerprint density at radius 1 is 1.21 bits per heavy atom. The van der Waals surface area contributed by atoms with E-state index >= 15 is 0 Å². The summed E-state index contributed by atoms with van der Waals surface area (Å²) in [5, 5.41) is 7.00. The Morgan fingerprint density at radius 3 is 2.07 bits per heavy atom. The fourth-order valence-electron chi connectivity index (χ4n) is 1.19. The lowest BCUT2D eigenvalue weighted by Crippen LogP contribution is -1.91. The highest BCUT2D eigenvalue weighted by atomic mass is 16.2. The summed E-state index contributed by atoms with van der Waals surface area (Å²) in [7, 11) is 1.00. The van der Waals surface area contributed by atoms with Crippen molar-refractivity contribution in [1.82, 2.24) is 0 Å². The van der Waals surface area contributed by atoms with Crippen LogP contribution < -0.4 is 0 Å². The van der Waals surface area contributed by atoms with Gasteiger partial charge in [0.1, 0.15) is 0 Å². The number of carbonyl (C=O) groups is 1. The van der Waals surface area contributed by atoms with E-state index in [-0.39, 0.29) is 5.78 Å². The Morgan fingerprint density at radius 2 is 1.71 bits per heavy atom. The molecule has 2 nitrogen and oxygen atoms in total. The van der Waals surface area contributed by atoms with Crippen molar-refractivity contribution in [3.8, 4) is 0 Å². The summed E-state index contributed by atoms with van der Waals surface area (Å²) in [4.78, 5) is 10.9. The molecule has 0 atom stereocenters. The van der Waals surface area contributed by atoms with Crippen LogP contribution in [0.5, 0.6) is 0 Å². The van der Waals surface area contributed by atoms with E-state index in [1.165, 1.54) is 5.56 Å². The van der Waals surface area contributed by atoms with Crippen LogP contribution in [0, 0.1) is 0 Å². The zero-order chi connectivity index (χ0) is 11.0. The number of aliphatic hydroxyl groups excluding tert-OH is 1. The molecule has 0 aromatic heterocycles. The summed E-state index contributed by atoms with van der Waals surface area (Å²) in [6, 6.07) is 7.85. The number of aliphatic hydroxyl groups is 1. The summed E-state index contributed by atoms with van der Waals surface area (Å²) in [6.07, 6.45) is 2.25. The molecule has 0 saturated heterocycles. The maximum atomic E-state index is 10.9. The number of ketones is 1. The standard InChI is InChI=1S/C11H14O.CH4O/c1-3-4-10-5-7-11(8-6-10)9(2)12;1-2/h5-8H,3-4H2,1-2H3;2H,1H3. The van der Waals surface area contributed by atoms with Gasteiger partial charge in [0.05, 0.1) is 0 Å². The largest absolute Gasteiger partial charge is 0.400 e. The molecule has 78 valence electrons. The maximum Gasteiger partial charge on any atom is 0.159 e. The first kappa shape index (κ1) is 12.8. The van der Waals surface area contributed by atoms with Crippen LogP contribution in [0.2, 0.25) is 0 Å². The molecular formula is C12H18O2. The predicted octanol–water partition coefficient (Wildman–Crippen LogP) is 2.45. The van der Waals surface area contributed by atoms with Crippen molar-refractivity contribution in [2.75, 3.05) is 7.11 Å². The molecule has 0 spiro atoms. The summed E-state index contributed by atoms with van der Waals surface area (Å²) in [5.41, 5.74) is 2.11. The van der Waals surface area contributed by atoms with Crippen molar-refractivity contribution in [3.63, 3.8) is 0 Å². The van der Waals surface area contributed by atoms with E-state index in [4.69, 9.17) is 5.11 Å². The quantitative estimate of drug-likeness (QED) is 0.750. The molecule has 0 fully saturated rings. The Hall–Kier alpha value is -1.15. The molecule has 0 amide bonds. The number of aryl methyl sites for hydroxylation is 1. The third-order valence-electron chi connectivity index (χ3n) is 1.90. The fraction of sp³-hybridized carbons (Fsp3) is 0.417. The first-order valence-electron chi connectivity index (χ1n) is 4.78. The molecule has 0 saturated carbocycles. The Labute approximate surface area is 85.6 Å². The average Bonchev–Trinajstić information content (AvgIpc) is 2.22. The van der Waals surface area contributed by atoms with Crippen molar-refractivity contribution < 1.29 is 9.90 Å². The highest BCUT2D eigenvalue weighted by Gasteiger charge is 1.97. The van der Waals surface area contributed by atoms with Gasteiger partial charge in [0.15, 0.2) is 5.78 Å². The second-order valence-corrected chi connectivity index (χ2v) is 3.00. The van der Waals surface area contributed by atoms with Gasteiger partial charge in [0, 0.05) is 12.7 Å². The van der Waals surface area contributed by atoms with Crippen LogP contribution in [0.4, 0.5) is 0 Å². The second kappa shape index (κ2) is 7.27. The van der Waals surface area contributed by atoms with E-state index in [0.29, 0.717) is 0 Å². The Bertz CT molecular complexity index is 262. The maximum absolute atomic E-state index is 10.9. The minimum atomic E-state index is 0.137. The molecule has 0 aliphatic heterocycles. The number of hydrogen-bond donors (Lipinski definition) is 1. The molecule has 0 heterocycles. The molecule has 1 N–H and O–H groups in total. The van der Waals surface area contributed by atoms with Crippen LogP contribution in [0.1, 0.15) is 36.2 Å². The van der Waals surface area contributed by atoms with Crippen molar-refractivity contribution >= 4 is 5.78 Å². The van der Waals surface area contributed by atoms with Gasteiger partial charge >= 0.3 is 0 Å². The molecule has 1 aromatic carbocycles. The topological polar surface area (TPSA) is 37.3 Å². The lowest BCUT2D eigenvalue weighted by Gasteiger charge is -1.99. The van der Waals surface area contributed by atoms with E-state index in [1.54, 1.807) is 6.92 Å². The highest BCUT2D eigenvalue weighted by molar-refractivity contribution is 5.93. The van der Waals surface area contributed by atoms with Gasteiger partial charge < -0.3 is 5.11 Å². The van der Waals surface area contributed by atoms with Crippen molar-refractivity contribution in [1.29, 1.82) is 0 Å². The summed E-state index contributed by atoms with van der Waals surface area (Å²) < 4.78 is 0. The first-order chi connectivity index (χ1) is 6.74. The van der Waals surface area contributed by atoms with Gasteiger partial charge in [-0.15, -0.1) is 0 Å². The predicted molar refractivity (Wildman–Crippen MR) is 58.6 cm³/mol. The SMILES string of the molecule is CCCc1ccc(C(C)=O)cc1.CO. The number of carbonyl (C=O) groups excluding carboxylic acids is 1. The summed E-state index contributed by atoms with van der Waals surface area (Å²) in [6.45, 7) is 3.74. The smallest absolute Gasteiger partial charge is 0.159 e. The van der Waals surface area contributed by atoms with Crippen LogP contribution in [-0.2, 0) is 6.42 Å². The van der Waals surface area contributed by atoms with Gasteiger partial charge in [-0.05, 0) is 18.9 Å². The summed E-state index contributed by atoms with van der Waals surface area (Å²) in [5.74, 6) is 0.137. The van der Waals surface area contributed by atoms with Crippen molar-refractivity contribution in [3.05, 3.63) is 35.4 Å². The normalized spacial score (nSPS) is 8.86. The minimum absolute atomic E-state index is 0.137. The molecular weight excluding hydrogens is 176 g/mol. The first-order valence-corrected chi connectivity index (χ1v) is 4.78. The van der Waals surface area contributed by atoms with Crippen molar-refractivity contribution in [2.45, 2.75) is 26.7 Å². The van der Waals surface area contributed by atoms with Gasteiger partial charge in [-0.1, -0.05) is 37.6 Å². The molecule has 0 radical (unpaired) electrons. The molecule has 14 heavy (non-hydrogen) atoms. The Balaban J connectivity index is 0.000000791. The molecule has 0 unspecified atom stereocenters. The van der Waals surface area contributed by atoms with Gasteiger partial charge in [-0.25, -0.2) is 0 Å². The van der Waals surface area contributed by atoms with E-state index in [0.717, 1.165) is 25.5 Å². The molecule has 1 rings (SSSR count). The van der Waals surface area contributed by atoms with Crippen LogP contribution in [-0.4, -0.2) is 18.0 Å². The van der Waals surface area contributed by atoms with E-state index in [9.17, 15) is 4.79 Å². The molecule has 1 aromatic rings. The lowest BCUT2D eigenvalue weighted by atomic mass is 10.1. The molecule has 0 aliphatic carbocycles. The number of hydrogen-bond acceptors (Lipinski definition) is 2. The number of rotatable bonds is 3. The van der Waals surface area contributed by atoms with Gasteiger partial charge in [0.2, 0.25) is 0 Å². The third kappa shape index (κ3) is 4.19. The second-order valence-electron chi connectivity index (χ2n) is 3.00. The average molecular weight is 194 g/mol. The monoisotopic (exact) mass is 194 g/mol. The minimum Gasteiger partial charge on any atom is -0.400 e.